The standard InChI is InChI=1S/C44H60N8O8S2/c1-10-51-36-16-15-28-19-31(36)32(40(51)30-13-11-17-45-38(30)27(4)58-8)21-44(5,6)25-60-43(55)33-14-12-18-52(48-33)42(54)34(20-37-46-35(28)24-61-37)47-41(53)39(26(2)3)49(7)62(56,57)50-22-29(23-50)59-9/h11,13,15-17,19,24,26-27,29,33-34,39,48H,10,12,14,18,20-23,25H2,1-9H3,(H,47,53)/t27-,33-,34-,39?/m0/s1. The molecule has 3 aliphatic rings. The molecule has 16 nitrogen and oxygen atoms in total. The van der Waals surface area contributed by atoms with E-state index in [1.54, 1.807) is 27.2 Å². The van der Waals surface area contributed by atoms with Gasteiger partial charge in [-0.1, -0.05) is 33.8 Å². The number of cyclic esters (lactones) is 1. The molecule has 2 amide bonds. The number of ether oxygens (including phenoxy) is 3. The molecule has 0 aliphatic carbocycles. The van der Waals surface area contributed by atoms with Gasteiger partial charge in [-0.25, -0.2) is 10.4 Å². The smallest absolute Gasteiger partial charge is 0.324 e. The molecule has 2 saturated heterocycles. The van der Waals surface area contributed by atoms with Gasteiger partial charge in [-0.05, 0) is 68.9 Å². The van der Waals surface area contributed by atoms with Crippen molar-refractivity contribution in [3.63, 3.8) is 0 Å². The Morgan fingerprint density at radius 1 is 1.16 bits per heavy atom. The fraction of sp³-hybridized carbons (Fsp3) is 0.568. The predicted octanol–water partition coefficient (Wildman–Crippen LogP) is 4.73. The van der Waals surface area contributed by atoms with Crippen LogP contribution in [0.15, 0.2) is 41.9 Å². The van der Waals surface area contributed by atoms with Crippen LogP contribution >= 0.6 is 11.3 Å². The lowest BCUT2D eigenvalue weighted by Crippen LogP contribution is -2.64. The third-order valence-electron chi connectivity index (χ3n) is 12.3. The number of hydrogen-bond acceptors (Lipinski definition) is 12. The zero-order valence-corrected chi connectivity index (χ0v) is 38.8. The zero-order valence-electron chi connectivity index (χ0n) is 37.1. The first-order chi connectivity index (χ1) is 29.5. The third-order valence-corrected chi connectivity index (χ3v) is 15.1. The fourth-order valence-corrected chi connectivity index (χ4v) is 11.3. The Hall–Kier alpha value is -4.30. The summed E-state index contributed by atoms with van der Waals surface area (Å²) in [5.41, 5.74) is 9.14. The summed E-state index contributed by atoms with van der Waals surface area (Å²) < 4.78 is 49.1. The molecule has 3 aliphatic heterocycles. The van der Waals surface area contributed by atoms with Gasteiger partial charge in [0, 0.05) is 92.9 Å². The fourth-order valence-electron chi connectivity index (χ4n) is 8.77. The Bertz CT molecular complexity index is 2410. The SMILES string of the molecule is CCn1c(-c2cccnc2[C@H](C)OC)c2c3cc(ccc31)-c1csc(n1)C[C@H](NC(=O)C(C(C)C)N(C)S(=O)(=O)N1CC(OC)C1)C(=O)N1CCC[C@H](N1)C(=O)OCC(C)(C)C2. The maximum atomic E-state index is 14.5. The summed E-state index contributed by atoms with van der Waals surface area (Å²) in [7, 11) is 0.574. The largest absolute Gasteiger partial charge is 0.464 e. The number of amides is 2. The summed E-state index contributed by atoms with van der Waals surface area (Å²) in [6, 6.07) is 7.27. The number of fused-ring (bicyclic) bond motifs is 6. The molecule has 4 atom stereocenters. The second kappa shape index (κ2) is 18.4. The van der Waals surface area contributed by atoms with E-state index in [9.17, 15) is 22.8 Å². The molecular formula is C44H60N8O8S2. The van der Waals surface area contributed by atoms with Crippen molar-refractivity contribution in [3.05, 3.63) is 58.2 Å². The molecule has 3 aromatic heterocycles. The van der Waals surface area contributed by atoms with Crippen molar-refractivity contribution in [2.45, 2.75) is 104 Å². The predicted molar refractivity (Wildman–Crippen MR) is 237 cm³/mol. The molecule has 4 aromatic rings. The van der Waals surface area contributed by atoms with E-state index in [0.717, 1.165) is 49.0 Å². The number of methoxy groups -OCH3 is 2. The van der Waals surface area contributed by atoms with Crippen molar-refractivity contribution in [2.75, 3.05) is 47.5 Å². The van der Waals surface area contributed by atoms with E-state index < -0.39 is 57.5 Å². The van der Waals surface area contributed by atoms with Crippen LogP contribution in [-0.4, -0.2) is 126 Å². The lowest BCUT2D eigenvalue weighted by atomic mass is 9.84. The summed E-state index contributed by atoms with van der Waals surface area (Å²) in [5.74, 6) is -2.00. The molecule has 6 heterocycles. The summed E-state index contributed by atoms with van der Waals surface area (Å²) >= 11 is 1.38. The number of carbonyl (C=O) groups is 3. The molecule has 7 rings (SSSR count). The van der Waals surface area contributed by atoms with Gasteiger partial charge in [0.1, 0.15) is 18.1 Å². The van der Waals surface area contributed by atoms with Crippen LogP contribution in [0.25, 0.3) is 33.4 Å². The number of aromatic nitrogens is 3. The molecule has 1 unspecified atom stereocenters. The molecule has 6 bridgehead atoms. The first-order valence-corrected chi connectivity index (χ1v) is 23.6. The number of hydrogen-bond donors (Lipinski definition) is 2. The van der Waals surface area contributed by atoms with Crippen molar-refractivity contribution < 1.29 is 37.0 Å². The number of carbonyl (C=O) groups excluding carboxylic acids is 3. The van der Waals surface area contributed by atoms with Gasteiger partial charge in [-0.15, -0.1) is 11.3 Å². The molecule has 2 fully saturated rings. The maximum Gasteiger partial charge on any atom is 0.324 e. The highest BCUT2D eigenvalue weighted by atomic mass is 32.2. The van der Waals surface area contributed by atoms with Crippen molar-refractivity contribution in [1.82, 2.24) is 38.9 Å². The average Bonchev–Trinajstić information content (AvgIpc) is 3.82. The minimum Gasteiger partial charge on any atom is -0.464 e. The minimum atomic E-state index is -4.02. The number of pyridine rings is 1. The normalized spacial score (nSPS) is 21.4. The quantitative estimate of drug-likeness (QED) is 0.199. The number of nitrogens with one attached hydrogen (secondary N) is 2. The van der Waals surface area contributed by atoms with Gasteiger partial charge in [0.05, 0.1) is 40.9 Å². The number of benzene rings is 1. The van der Waals surface area contributed by atoms with E-state index in [0.29, 0.717) is 37.4 Å². The van der Waals surface area contributed by atoms with Gasteiger partial charge in [-0.3, -0.25) is 24.4 Å². The molecule has 18 heteroatoms. The molecule has 0 spiro atoms. The van der Waals surface area contributed by atoms with Crippen molar-refractivity contribution in [2.24, 2.45) is 11.3 Å². The number of nitrogens with zero attached hydrogens (tertiary/aromatic N) is 6. The third kappa shape index (κ3) is 9.05. The molecule has 2 N–H and O–H groups in total. The van der Waals surface area contributed by atoms with E-state index in [1.807, 2.05) is 24.4 Å². The lowest BCUT2D eigenvalue weighted by Gasteiger charge is -2.41. The van der Waals surface area contributed by atoms with Crippen LogP contribution in [0.3, 0.4) is 0 Å². The minimum absolute atomic E-state index is 0.0327. The van der Waals surface area contributed by atoms with Gasteiger partial charge < -0.3 is 24.1 Å². The Kier molecular flexibility index (Phi) is 13.6. The average molecular weight is 893 g/mol. The van der Waals surface area contributed by atoms with E-state index in [2.05, 4.69) is 54.3 Å². The van der Waals surface area contributed by atoms with Crippen LogP contribution in [0.4, 0.5) is 0 Å². The molecule has 336 valence electrons. The van der Waals surface area contributed by atoms with Crippen LogP contribution in [-0.2, 0) is 58.2 Å². The van der Waals surface area contributed by atoms with Crippen LogP contribution in [0.5, 0.6) is 0 Å². The summed E-state index contributed by atoms with van der Waals surface area (Å²) in [4.78, 5) is 52.5. The Morgan fingerprint density at radius 2 is 1.92 bits per heavy atom. The van der Waals surface area contributed by atoms with Gasteiger partial charge in [0.2, 0.25) is 5.91 Å². The number of likely N-dealkylation sites (N-methyl/N-ethyl adjacent to an activating group) is 1. The number of rotatable bonds is 11. The lowest BCUT2D eigenvalue weighted by molar-refractivity contribution is -0.155. The van der Waals surface area contributed by atoms with Crippen LogP contribution in [0.1, 0.15) is 76.8 Å². The molecule has 0 saturated carbocycles. The van der Waals surface area contributed by atoms with Crippen molar-refractivity contribution in [3.8, 4) is 22.5 Å². The van der Waals surface area contributed by atoms with E-state index >= 15 is 0 Å². The summed E-state index contributed by atoms with van der Waals surface area (Å²) in [5, 5.41) is 7.89. The second-order valence-corrected chi connectivity index (χ2v) is 20.6. The monoisotopic (exact) mass is 892 g/mol. The van der Waals surface area contributed by atoms with Crippen molar-refractivity contribution in [1.29, 1.82) is 0 Å². The molecule has 0 radical (unpaired) electrons. The van der Waals surface area contributed by atoms with Crippen LogP contribution in [0, 0.1) is 11.3 Å². The first-order valence-electron chi connectivity index (χ1n) is 21.4. The van der Waals surface area contributed by atoms with Crippen molar-refractivity contribution >= 4 is 50.2 Å². The van der Waals surface area contributed by atoms with E-state index in [1.165, 1.54) is 34.8 Å². The number of aryl methyl sites for hydroxylation is 1. The van der Waals surface area contributed by atoms with Gasteiger partial charge >= 0.3 is 5.97 Å². The molecule has 1 aromatic carbocycles. The Labute approximate surface area is 368 Å². The number of thiazole rings is 1. The zero-order chi connectivity index (χ0) is 44.7. The highest BCUT2D eigenvalue weighted by Crippen LogP contribution is 2.42. The first kappa shape index (κ1) is 45.7. The second-order valence-electron chi connectivity index (χ2n) is 17.7. The van der Waals surface area contributed by atoms with E-state index in [-0.39, 0.29) is 38.3 Å². The van der Waals surface area contributed by atoms with E-state index in [4.69, 9.17) is 24.2 Å². The number of hydrazine groups is 1. The Balaban J connectivity index is 1.30. The highest BCUT2D eigenvalue weighted by molar-refractivity contribution is 7.86. The Morgan fingerprint density at radius 3 is 2.61 bits per heavy atom. The summed E-state index contributed by atoms with van der Waals surface area (Å²) in [6.45, 7) is 13.3. The van der Waals surface area contributed by atoms with Gasteiger partial charge in [0.15, 0.2) is 0 Å². The summed E-state index contributed by atoms with van der Waals surface area (Å²) in [6.07, 6.45) is 2.88. The highest BCUT2D eigenvalue weighted by Gasteiger charge is 2.44. The van der Waals surface area contributed by atoms with Crippen LogP contribution < -0.4 is 10.7 Å². The molecular weight excluding hydrogens is 833 g/mol. The topological polar surface area (TPSA) is 178 Å². The van der Waals surface area contributed by atoms with Gasteiger partial charge in [-0.2, -0.15) is 17.0 Å². The molecule has 62 heavy (non-hydrogen) atoms. The number of esters is 1. The van der Waals surface area contributed by atoms with Crippen LogP contribution in [0.2, 0.25) is 0 Å². The maximum absolute atomic E-state index is 14.5. The van der Waals surface area contributed by atoms with Gasteiger partial charge in [0.25, 0.3) is 16.1 Å².